The molecule has 5 heteroatoms. The molecule has 0 unspecified atom stereocenters. The van der Waals surface area contributed by atoms with Crippen LogP contribution < -0.4 is 0 Å². The van der Waals surface area contributed by atoms with Gasteiger partial charge in [0.25, 0.3) is 0 Å². The van der Waals surface area contributed by atoms with Crippen molar-refractivity contribution in [3.8, 4) is 0 Å². The Bertz CT molecular complexity index is 1080. The molecule has 0 atom stereocenters. The summed E-state index contributed by atoms with van der Waals surface area (Å²) in [5, 5.41) is 11.2. The number of aliphatic hydroxyl groups excluding tert-OH is 1. The molecule has 0 saturated heterocycles. The molecule has 0 radical (unpaired) electrons. The Morgan fingerprint density at radius 1 is 0.800 bits per heavy atom. The molecule has 0 aliphatic carbocycles. The maximum absolute atomic E-state index is 12.6. The van der Waals surface area contributed by atoms with Crippen LogP contribution in [0, 0.1) is 0 Å². The molecular weight excluding hydrogens is 394 g/mol. The van der Waals surface area contributed by atoms with Crippen molar-refractivity contribution in [1.82, 2.24) is 0 Å². The van der Waals surface area contributed by atoms with Crippen LogP contribution in [0.3, 0.4) is 0 Å². The number of nitrogens with zero attached hydrogens (tertiary/aromatic N) is 1. The average molecular weight is 416 g/mol. The minimum atomic E-state index is -0.328. The van der Waals surface area contributed by atoms with Crippen LogP contribution in [-0.4, -0.2) is 27.5 Å². The van der Waals surface area contributed by atoms with E-state index in [1.54, 1.807) is 60.7 Å². The van der Waals surface area contributed by atoms with Crippen LogP contribution in [0.1, 0.15) is 22.8 Å². The van der Waals surface area contributed by atoms with Crippen molar-refractivity contribution in [2.75, 3.05) is 5.75 Å². The molecule has 0 saturated carbocycles. The largest absolute Gasteiger partial charge is 0.506 e. The normalized spacial score (nSPS) is 12.2. The van der Waals surface area contributed by atoms with E-state index < -0.39 is 0 Å². The van der Waals surface area contributed by atoms with E-state index in [1.165, 1.54) is 6.92 Å². The van der Waals surface area contributed by atoms with Crippen LogP contribution in [0.25, 0.3) is 5.76 Å². The number of benzene rings is 3. The number of rotatable bonds is 7. The highest BCUT2D eigenvalue weighted by molar-refractivity contribution is 8.15. The van der Waals surface area contributed by atoms with Gasteiger partial charge in [0.05, 0.1) is 17.0 Å². The summed E-state index contributed by atoms with van der Waals surface area (Å²) in [5.41, 5.74) is 1.82. The summed E-state index contributed by atoms with van der Waals surface area (Å²) in [6.45, 7) is 1.38. The number of para-hydroxylation sites is 1. The Kier molecular flexibility index (Phi) is 7.35. The lowest BCUT2D eigenvalue weighted by molar-refractivity contribution is -0.113. The van der Waals surface area contributed by atoms with Crippen molar-refractivity contribution in [2.24, 2.45) is 4.99 Å². The summed E-state index contributed by atoms with van der Waals surface area (Å²) < 4.78 is 0. The molecule has 150 valence electrons. The van der Waals surface area contributed by atoms with E-state index in [0.717, 1.165) is 11.8 Å². The van der Waals surface area contributed by atoms with Gasteiger partial charge >= 0.3 is 0 Å². The second-order valence-corrected chi connectivity index (χ2v) is 7.44. The Balaban J connectivity index is 2.00. The maximum Gasteiger partial charge on any atom is 0.173 e. The molecule has 0 heterocycles. The van der Waals surface area contributed by atoms with Gasteiger partial charge in [-0.1, -0.05) is 90.6 Å². The lowest BCUT2D eigenvalue weighted by atomic mass is 10.1. The summed E-state index contributed by atoms with van der Waals surface area (Å²) in [6, 6.07) is 26.9. The molecule has 4 nitrogen and oxygen atoms in total. The Hall–Kier alpha value is -3.44. The molecule has 3 aromatic rings. The maximum atomic E-state index is 12.6. The molecule has 3 aromatic carbocycles. The fourth-order valence-corrected chi connectivity index (χ4v) is 3.77. The molecule has 0 aliphatic heterocycles. The standard InChI is InChI=1S/C25H21NO3S/c1-18(27)23(24(29)20-13-7-3-8-14-20)25(26-21-15-9-4-10-16-21)30-17-22(28)19-11-5-2-6-12-19/h2-16,29H,17H2,1H3/b24-23+,26-25?. The predicted octanol–water partition coefficient (Wildman–Crippen LogP) is 5.89. The first-order chi connectivity index (χ1) is 14.6. The number of thioether (sulfide) groups is 1. The van der Waals surface area contributed by atoms with Gasteiger partial charge in [-0.15, -0.1) is 0 Å². The van der Waals surface area contributed by atoms with E-state index in [0.29, 0.717) is 21.9 Å². The number of ketones is 2. The van der Waals surface area contributed by atoms with Crippen molar-refractivity contribution in [3.05, 3.63) is 108 Å². The van der Waals surface area contributed by atoms with Gasteiger partial charge in [-0.25, -0.2) is 4.99 Å². The van der Waals surface area contributed by atoms with Crippen LogP contribution in [0.2, 0.25) is 0 Å². The van der Waals surface area contributed by atoms with E-state index in [2.05, 4.69) is 4.99 Å². The van der Waals surface area contributed by atoms with E-state index in [4.69, 9.17) is 0 Å². The first-order valence-electron chi connectivity index (χ1n) is 9.41. The zero-order chi connectivity index (χ0) is 21.3. The highest BCUT2D eigenvalue weighted by Crippen LogP contribution is 2.26. The van der Waals surface area contributed by atoms with Gasteiger partial charge in [0.1, 0.15) is 10.8 Å². The van der Waals surface area contributed by atoms with Gasteiger partial charge in [-0.3, -0.25) is 9.59 Å². The number of aliphatic imine (C=N–C) groups is 1. The highest BCUT2D eigenvalue weighted by Gasteiger charge is 2.21. The minimum Gasteiger partial charge on any atom is -0.506 e. The Morgan fingerprint density at radius 2 is 1.30 bits per heavy atom. The van der Waals surface area contributed by atoms with Crippen LogP contribution in [0.15, 0.2) is 102 Å². The summed E-state index contributed by atoms with van der Waals surface area (Å²) in [4.78, 5) is 29.7. The average Bonchev–Trinajstić information content (AvgIpc) is 2.79. The summed E-state index contributed by atoms with van der Waals surface area (Å²) in [6.07, 6.45) is 0. The van der Waals surface area contributed by atoms with Gasteiger partial charge in [-0.2, -0.15) is 0 Å². The van der Waals surface area contributed by atoms with E-state index in [-0.39, 0.29) is 28.7 Å². The lowest BCUT2D eigenvalue weighted by Crippen LogP contribution is -2.13. The number of Topliss-reactive ketones (excluding diaryl/α,β-unsaturated/α-hetero) is 2. The van der Waals surface area contributed by atoms with E-state index in [9.17, 15) is 14.7 Å². The molecule has 3 rings (SSSR count). The van der Waals surface area contributed by atoms with Crippen molar-refractivity contribution in [3.63, 3.8) is 0 Å². The molecule has 0 bridgehead atoms. The molecule has 0 aliphatic rings. The fourth-order valence-electron chi connectivity index (χ4n) is 2.78. The molecule has 0 amide bonds. The van der Waals surface area contributed by atoms with Crippen molar-refractivity contribution < 1.29 is 14.7 Å². The fraction of sp³-hybridized carbons (Fsp3) is 0.0800. The zero-order valence-electron chi connectivity index (χ0n) is 16.5. The van der Waals surface area contributed by atoms with Crippen LogP contribution >= 0.6 is 11.8 Å². The summed E-state index contributed by atoms with van der Waals surface area (Å²) in [5.74, 6) is -0.472. The van der Waals surface area contributed by atoms with Gasteiger partial charge < -0.3 is 5.11 Å². The number of hydrogen-bond acceptors (Lipinski definition) is 5. The van der Waals surface area contributed by atoms with Crippen molar-refractivity contribution in [1.29, 1.82) is 0 Å². The molecular formula is C25H21NO3S. The third-order valence-electron chi connectivity index (χ3n) is 4.27. The van der Waals surface area contributed by atoms with Gasteiger partial charge in [0, 0.05) is 11.1 Å². The number of aliphatic hydroxyl groups is 1. The SMILES string of the molecule is CC(=O)/C(C(=Nc1ccccc1)SCC(=O)c1ccccc1)=C(\O)c1ccccc1. The quantitative estimate of drug-likeness (QED) is 0.172. The van der Waals surface area contributed by atoms with Crippen LogP contribution in [-0.2, 0) is 4.79 Å². The molecule has 0 spiro atoms. The molecule has 0 aromatic heterocycles. The van der Waals surface area contributed by atoms with Crippen LogP contribution in [0.5, 0.6) is 0 Å². The van der Waals surface area contributed by atoms with E-state index in [1.807, 2.05) is 30.3 Å². The van der Waals surface area contributed by atoms with Crippen molar-refractivity contribution >= 4 is 39.8 Å². The van der Waals surface area contributed by atoms with Gasteiger partial charge in [-0.05, 0) is 19.1 Å². The third-order valence-corrected chi connectivity index (χ3v) is 5.25. The Labute approximate surface area is 180 Å². The summed E-state index contributed by atoms with van der Waals surface area (Å²) >= 11 is 1.14. The smallest absolute Gasteiger partial charge is 0.173 e. The van der Waals surface area contributed by atoms with E-state index >= 15 is 0 Å². The van der Waals surface area contributed by atoms with Gasteiger partial charge in [0.2, 0.25) is 0 Å². The second kappa shape index (κ2) is 10.4. The Morgan fingerprint density at radius 3 is 1.83 bits per heavy atom. The highest BCUT2D eigenvalue weighted by atomic mass is 32.2. The van der Waals surface area contributed by atoms with Crippen LogP contribution in [0.4, 0.5) is 5.69 Å². The third kappa shape index (κ3) is 5.55. The second-order valence-electron chi connectivity index (χ2n) is 6.48. The topological polar surface area (TPSA) is 66.7 Å². The number of carbonyl (C=O) groups excluding carboxylic acids is 2. The number of hydrogen-bond donors (Lipinski definition) is 1. The predicted molar refractivity (Wildman–Crippen MR) is 123 cm³/mol. The molecule has 1 N–H and O–H groups in total. The molecule has 0 fully saturated rings. The lowest BCUT2D eigenvalue weighted by Gasteiger charge is -2.12. The minimum absolute atomic E-state index is 0.0801. The van der Waals surface area contributed by atoms with Gasteiger partial charge in [0.15, 0.2) is 11.6 Å². The first-order valence-corrected chi connectivity index (χ1v) is 10.4. The molecule has 30 heavy (non-hydrogen) atoms. The first kappa shape index (κ1) is 21.3. The van der Waals surface area contributed by atoms with Crippen molar-refractivity contribution in [2.45, 2.75) is 6.92 Å². The summed E-state index contributed by atoms with van der Waals surface area (Å²) in [7, 11) is 0. The number of carbonyl (C=O) groups is 2. The monoisotopic (exact) mass is 415 g/mol. The zero-order valence-corrected chi connectivity index (χ0v) is 17.3.